The van der Waals surface area contributed by atoms with E-state index in [1.807, 2.05) is 44.2 Å². The lowest BCUT2D eigenvalue weighted by Crippen LogP contribution is -2.52. The lowest BCUT2D eigenvalue weighted by molar-refractivity contribution is -0.125. The van der Waals surface area contributed by atoms with E-state index in [0.29, 0.717) is 6.42 Å². The minimum Gasteiger partial charge on any atom is -0.390 e. The van der Waals surface area contributed by atoms with Crippen LogP contribution in [-0.2, 0) is 32.0 Å². The number of hydrogen-bond acceptors (Lipinski definition) is 5. The molecule has 1 rings (SSSR count). The SMILES string of the molecule is CC(C)CN(C[C@@H](O)[C@H](Cc1ccccc1)NC(=O)[C@H](C)CS(C)=O)S(C)(=O)=O. The smallest absolute Gasteiger partial charge is 0.224 e. The summed E-state index contributed by atoms with van der Waals surface area (Å²) in [7, 11) is -4.62. The normalized spacial score (nSPS) is 16.4. The van der Waals surface area contributed by atoms with Crippen LogP contribution in [0.25, 0.3) is 0 Å². The summed E-state index contributed by atoms with van der Waals surface area (Å²) < 4.78 is 36.9. The number of carbonyl (C=O) groups excluding carboxylic acids is 1. The molecule has 0 bridgehead atoms. The molecule has 4 atom stereocenters. The van der Waals surface area contributed by atoms with Gasteiger partial charge in [-0.25, -0.2) is 8.42 Å². The molecule has 0 spiro atoms. The monoisotopic (exact) mass is 446 g/mol. The van der Waals surface area contributed by atoms with E-state index in [9.17, 15) is 22.5 Å². The number of sulfonamides is 1. The molecule has 0 aliphatic heterocycles. The number of benzene rings is 1. The Morgan fingerprint density at radius 1 is 1.17 bits per heavy atom. The second kappa shape index (κ2) is 11.8. The van der Waals surface area contributed by atoms with Gasteiger partial charge in [0, 0.05) is 41.8 Å². The topological polar surface area (TPSA) is 104 Å². The number of aliphatic hydroxyl groups is 1. The molecule has 0 saturated heterocycles. The number of rotatable bonds is 12. The van der Waals surface area contributed by atoms with Gasteiger partial charge in [0.25, 0.3) is 0 Å². The van der Waals surface area contributed by atoms with Gasteiger partial charge in [-0.3, -0.25) is 9.00 Å². The van der Waals surface area contributed by atoms with Gasteiger partial charge < -0.3 is 10.4 Å². The molecular formula is C20H34N2O5S2. The molecule has 9 heteroatoms. The van der Waals surface area contributed by atoms with Crippen molar-refractivity contribution >= 4 is 26.7 Å². The predicted octanol–water partition coefficient (Wildman–Crippen LogP) is 1.01. The summed E-state index contributed by atoms with van der Waals surface area (Å²) in [5.41, 5.74) is 0.915. The summed E-state index contributed by atoms with van der Waals surface area (Å²) in [6.45, 7) is 5.67. The Hall–Kier alpha value is -1.29. The number of hydrogen-bond donors (Lipinski definition) is 2. The fraction of sp³-hybridized carbons (Fsp3) is 0.650. The van der Waals surface area contributed by atoms with Crippen LogP contribution in [0, 0.1) is 11.8 Å². The Bertz CT molecular complexity index is 768. The van der Waals surface area contributed by atoms with Gasteiger partial charge in [-0.05, 0) is 17.9 Å². The number of amides is 1. The number of aliphatic hydroxyl groups excluding tert-OH is 1. The molecule has 0 aliphatic carbocycles. The lowest BCUT2D eigenvalue weighted by atomic mass is 10.00. The van der Waals surface area contributed by atoms with Crippen LogP contribution in [0.3, 0.4) is 0 Å². The van der Waals surface area contributed by atoms with Gasteiger partial charge in [0.2, 0.25) is 15.9 Å². The van der Waals surface area contributed by atoms with Crippen molar-refractivity contribution in [2.24, 2.45) is 11.8 Å². The summed E-state index contributed by atoms with van der Waals surface area (Å²) in [6.07, 6.45) is 1.92. The van der Waals surface area contributed by atoms with E-state index < -0.39 is 38.9 Å². The zero-order chi connectivity index (χ0) is 22.2. The Morgan fingerprint density at radius 3 is 2.24 bits per heavy atom. The second-order valence-electron chi connectivity index (χ2n) is 7.99. The van der Waals surface area contributed by atoms with Crippen molar-refractivity contribution in [3.63, 3.8) is 0 Å². The van der Waals surface area contributed by atoms with Crippen LogP contribution in [-0.4, -0.2) is 71.4 Å². The molecule has 1 unspecified atom stereocenters. The highest BCUT2D eigenvalue weighted by atomic mass is 32.2. The Kier molecular flexibility index (Phi) is 10.5. The van der Waals surface area contributed by atoms with Crippen LogP contribution in [0.5, 0.6) is 0 Å². The third kappa shape index (κ3) is 9.84. The Balaban J connectivity index is 3.01. The number of carbonyl (C=O) groups is 1. The zero-order valence-electron chi connectivity index (χ0n) is 17.9. The first-order valence-corrected chi connectivity index (χ1v) is 13.2. The summed E-state index contributed by atoms with van der Waals surface area (Å²) in [5.74, 6) is -0.468. The van der Waals surface area contributed by atoms with Gasteiger partial charge in [0.05, 0.1) is 18.4 Å². The molecule has 29 heavy (non-hydrogen) atoms. The molecule has 7 nitrogen and oxygen atoms in total. The molecule has 1 aromatic rings. The third-order valence-corrected chi connectivity index (χ3v) is 6.66. The lowest BCUT2D eigenvalue weighted by Gasteiger charge is -2.30. The minimum absolute atomic E-state index is 0.0960. The van der Waals surface area contributed by atoms with E-state index in [4.69, 9.17) is 0 Å². The first-order valence-electron chi connectivity index (χ1n) is 9.67. The minimum atomic E-state index is -3.50. The van der Waals surface area contributed by atoms with Crippen molar-refractivity contribution in [2.75, 3.05) is 31.4 Å². The molecule has 0 aliphatic rings. The molecule has 1 amide bonds. The summed E-state index contributed by atoms with van der Waals surface area (Å²) in [4.78, 5) is 12.6. The van der Waals surface area contributed by atoms with Crippen LogP contribution >= 0.6 is 0 Å². The Morgan fingerprint density at radius 2 is 1.76 bits per heavy atom. The van der Waals surface area contributed by atoms with Crippen molar-refractivity contribution in [1.82, 2.24) is 9.62 Å². The number of nitrogens with one attached hydrogen (secondary N) is 1. The second-order valence-corrected chi connectivity index (χ2v) is 11.4. The zero-order valence-corrected chi connectivity index (χ0v) is 19.5. The van der Waals surface area contributed by atoms with E-state index in [1.54, 1.807) is 6.92 Å². The van der Waals surface area contributed by atoms with Gasteiger partial charge >= 0.3 is 0 Å². The predicted molar refractivity (Wildman–Crippen MR) is 117 cm³/mol. The fourth-order valence-electron chi connectivity index (χ4n) is 2.99. The van der Waals surface area contributed by atoms with Gasteiger partial charge in [0.15, 0.2) is 0 Å². The molecule has 0 fully saturated rings. The maximum absolute atomic E-state index is 12.6. The molecule has 0 radical (unpaired) electrons. The van der Waals surface area contributed by atoms with E-state index in [0.717, 1.165) is 11.8 Å². The average molecular weight is 447 g/mol. The van der Waals surface area contributed by atoms with Crippen molar-refractivity contribution in [3.05, 3.63) is 35.9 Å². The van der Waals surface area contributed by atoms with Crippen LogP contribution in [0.4, 0.5) is 0 Å². The highest BCUT2D eigenvalue weighted by Gasteiger charge is 2.29. The molecule has 166 valence electrons. The summed E-state index contributed by atoms with van der Waals surface area (Å²) in [5, 5.41) is 13.7. The molecule has 2 N–H and O–H groups in total. The maximum atomic E-state index is 12.6. The molecule has 1 aromatic carbocycles. The highest BCUT2D eigenvalue weighted by molar-refractivity contribution is 7.88. The molecule has 0 aromatic heterocycles. The fourth-order valence-corrected chi connectivity index (χ4v) is 4.84. The van der Waals surface area contributed by atoms with E-state index in [-0.39, 0.29) is 30.7 Å². The number of nitrogens with zero attached hydrogens (tertiary/aromatic N) is 1. The Labute approximate surface area is 177 Å². The van der Waals surface area contributed by atoms with Crippen LogP contribution < -0.4 is 5.32 Å². The average Bonchev–Trinajstić information content (AvgIpc) is 2.59. The van der Waals surface area contributed by atoms with Gasteiger partial charge in [-0.15, -0.1) is 0 Å². The summed E-state index contributed by atoms with van der Waals surface area (Å²) >= 11 is 0. The molecule has 0 saturated carbocycles. The van der Waals surface area contributed by atoms with E-state index in [1.165, 1.54) is 10.6 Å². The first-order chi connectivity index (χ1) is 13.4. The highest BCUT2D eigenvalue weighted by Crippen LogP contribution is 2.12. The van der Waals surface area contributed by atoms with E-state index in [2.05, 4.69) is 5.32 Å². The quantitative estimate of drug-likeness (QED) is 0.499. The van der Waals surface area contributed by atoms with E-state index >= 15 is 0 Å². The van der Waals surface area contributed by atoms with Crippen LogP contribution in [0.1, 0.15) is 26.3 Å². The van der Waals surface area contributed by atoms with Gasteiger partial charge in [-0.1, -0.05) is 51.1 Å². The van der Waals surface area contributed by atoms with Gasteiger partial charge in [-0.2, -0.15) is 4.31 Å². The maximum Gasteiger partial charge on any atom is 0.224 e. The van der Waals surface area contributed by atoms with Crippen molar-refractivity contribution in [2.45, 2.75) is 39.3 Å². The largest absolute Gasteiger partial charge is 0.390 e. The first kappa shape index (κ1) is 25.7. The molecular weight excluding hydrogens is 412 g/mol. The van der Waals surface area contributed by atoms with Crippen LogP contribution in [0.2, 0.25) is 0 Å². The van der Waals surface area contributed by atoms with Gasteiger partial charge in [0.1, 0.15) is 0 Å². The van der Waals surface area contributed by atoms with Crippen molar-refractivity contribution in [3.8, 4) is 0 Å². The van der Waals surface area contributed by atoms with Crippen LogP contribution in [0.15, 0.2) is 30.3 Å². The molecule has 0 heterocycles. The third-order valence-electron chi connectivity index (χ3n) is 4.45. The van der Waals surface area contributed by atoms with Crippen molar-refractivity contribution < 1.29 is 22.5 Å². The van der Waals surface area contributed by atoms with Crippen molar-refractivity contribution in [1.29, 1.82) is 0 Å². The standard InChI is InChI=1S/C20H34N2O5S2/c1-15(2)12-22(29(5,26)27)13-19(23)18(11-17-9-7-6-8-10-17)21-20(24)16(3)14-28(4)25/h6-10,15-16,18-19,23H,11-14H2,1-5H3,(H,21,24)/t16-,18+,19-,28?/m1/s1. The summed E-state index contributed by atoms with van der Waals surface area (Å²) in [6, 6.07) is 8.71.